The van der Waals surface area contributed by atoms with Gasteiger partial charge >= 0.3 is 0 Å². The van der Waals surface area contributed by atoms with Crippen molar-refractivity contribution >= 4 is 11.5 Å². The topological polar surface area (TPSA) is 37.8 Å². The maximum Gasteiger partial charge on any atom is 0.152 e. The zero-order valence-electron chi connectivity index (χ0n) is 10.5. The Bertz CT molecular complexity index is 351. The van der Waals surface area contributed by atoms with Crippen LogP contribution in [0.5, 0.6) is 0 Å². The van der Waals surface area contributed by atoms with Crippen molar-refractivity contribution in [2.45, 2.75) is 0 Å². The highest BCUT2D eigenvalue weighted by atomic mass is 16.5. The number of nitrogens with zero attached hydrogens (tertiary/aromatic N) is 3. The van der Waals surface area contributed by atoms with E-state index in [0.29, 0.717) is 0 Å². The molecule has 2 saturated heterocycles. The van der Waals surface area contributed by atoms with Crippen LogP contribution in [0.4, 0.5) is 11.5 Å². The van der Waals surface area contributed by atoms with Gasteiger partial charge in [0.05, 0.1) is 32.1 Å². The maximum absolute atomic E-state index is 5.41. The third-order valence-electron chi connectivity index (χ3n) is 3.43. The van der Waals surface area contributed by atoms with Crippen molar-refractivity contribution < 1.29 is 9.47 Å². The summed E-state index contributed by atoms with van der Waals surface area (Å²) in [5.74, 6) is 1.09. The largest absolute Gasteiger partial charge is 0.378 e. The van der Waals surface area contributed by atoms with Crippen molar-refractivity contribution in [2.24, 2.45) is 0 Å². The van der Waals surface area contributed by atoms with Crippen LogP contribution in [-0.2, 0) is 9.47 Å². The van der Waals surface area contributed by atoms with Gasteiger partial charge in [-0.25, -0.2) is 4.98 Å². The van der Waals surface area contributed by atoms with E-state index in [-0.39, 0.29) is 0 Å². The van der Waals surface area contributed by atoms with Crippen molar-refractivity contribution in [2.75, 3.05) is 62.4 Å². The van der Waals surface area contributed by atoms with Gasteiger partial charge in [0.2, 0.25) is 0 Å². The molecule has 0 spiro atoms. The molecule has 3 heterocycles. The van der Waals surface area contributed by atoms with Crippen molar-refractivity contribution in [1.82, 2.24) is 4.98 Å². The Labute approximate surface area is 107 Å². The highest BCUT2D eigenvalue weighted by molar-refractivity contribution is 5.67. The molecular formula is C13H19N3O2. The summed E-state index contributed by atoms with van der Waals surface area (Å²) in [5, 5.41) is 0. The van der Waals surface area contributed by atoms with Crippen LogP contribution in [0.15, 0.2) is 18.3 Å². The zero-order valence-corrected chi connectivity index (χ0v) is 10.5. The first kappa shape index (κ1) is 11.7. The number of pyridine rings is 1. The van der Waals surface area contributed by atoms with Crippen LogP contribution in [0, 0.1) is 0 Å². The molecular weight excluding hydrogens is 230 g/mol. The van der Waals surface area contributed by atoms with E-state index in [4.69, 9.17) is 9.47 Å². The van der Waals surface area contributed by atoms with E-state index in [1.807, 2.05) is 12.3 Å². The van der Waals surface area contributed by atoms with Crippen molar-refractivity contribution in [1.29, 1.82) is 0 Å². The Kier molecular flexibility index (Phi) is 3.61. The normalized spacial score (nSPS) is 21.1. The first-order chi connectivity index (χ1) is 8.95. The molecule has 5 nitrogen and oxygen atoms in total. The van der Waals surface area contributed by atoms with E-state index in [1.165, 1.54) is 5.69 Å². The second-order valence-corrected chi connectivity index (χ2v) is 4.54. The van der Waals surface area contributed by atoms with Gasteiger partial charge in [0.15, 0.2) is 5.82 Å². The average molecular weight is 249 g/mol. The van der Waals surface area contributed by atoms with Gasteiger partial charge < -0.3 is 19.3 Å². The standard InChI is InChI=1S/C13H19N3O2/c1-2-12(15-4-8-17-9-5-15)13(14-3-1)16-6-10-18-11-7-16/h1-3H,4-11H2. The second kappa shape index (κ2) is 5.54. The van der Waals surface area contributed by atoms with Crippen LogP contribution < -0.4 is 9.80 Å². The van der Waals surface area contributed by atoms with Gasteiger partial charge in [0.1, 0.15) is 0 Å². The van der Waals surface area contributed by atoms with Crippen LogP contribution in [0.1, 0.15) is 0 Å². The van der Waals surface area contributed by atoms with Gasteiger partial charge in [-0.1, -0.05) is 0 Å². The predicted molar refractivity (Wildman–Crippen MR) is 70.3 cm³/mol. The Morgan fingerprint density at radius 3 is 2.17 bits per heavy atom. The Hall–Kier alpha value is -1.33. The van der Waals surface area contributed by atoms with Gasteiger partial charge in [-0.3, -0.25) is 0 Å². The monoisotopic (exact) mass is 249 g/mol. The van der Waals surface area contributed by atoms with Crippen LogP contribution in [0.2, 0.25) is 0 Å². The van der Waals surface area contributed by atoms with E-state index in [9.17, 15) is 0 Å². The molecule has 0 N–H and O–H groups in total. The molecule has 2 aliphatic heterocycles. The summed E-state index contributed by atoms with van der Waals surface area (Å²) in [6.07, 6.45) is 1.87. The molecule has 0 aliphatic carbocycles. The predicted octanol–water partition coefficient (Wildman–Crippen LogP) is 0.755. The molecule has 2 aliphatic rings. The summed E-state index contributed by atoms with van der Waals surface area (Å²) >= 11 is 0. The Morgan fingerprint density at radius 2 is 1.50 bits per heavy atom. The summed E-state index contributed by atoms with van der Waals surface area (Å²) in [5.41, 5.74) is 1.22. The molecule has 0 radical (unpaired) electrons. The number of hydrogen-bond acceptors (Lipinski definition) is 5. The number of morpholine rings is 2. The second-order valence-electron chi connectivity index (χ2n) is 4.54. The summed E-state index contributed by atoms with van der Waals surface area (Å²) in [6.45, 7) is 6.93. The number of aromatic nitrogens is 1. The van der Waals surface area contributed by atoms with Crippen LogP contribution >= 0.6 is 0 Å². The minimum absolute atomic E-state index is 0.791. The SMILES string of the molecule is c1cnc(N2CCOCC2)c(N2CCOCC2)c1. The third-order valence-corrected chi connectivity index (χ3v) is 3.43. The molecule has 18 heavy (non-hydrogen) atoms. The lowest BCUT2D eigenvalue weighted by molar-refractivity contribution is 0.120. The van der Waals surface area contributed by atoms with Gasteiger partial charge in [-0.2, -0.15) is 0 Å². The highest BCUT2D eigenvalue weighted by Crippen LogP contribution is 2.27. The minimum Gasteiger partial charge on any atom is -0.378 e. The van der Waals surface area contributed by atoms with E-state index < -0.39 is 0 Å². The molecule has 0 bridgehead atoms. The molecule has 1 aromatic heterocycles. The lowest BCUT2D eigenvalue weighted by Crippen LogP contribution is -2.40. The fourth-order valence-electron chi connectivity index (χ4n) is 2.46. The number of ether oxygens (including phenoxy) is 2. The highest BCUT2D eigenvalue weighted by Gasteiger charge is 2.20. The lowest BCUT2D eigenvalue weighted by Gasteiger charge is -2.34. The van der Waals surface area contributed by atoms with Gasteiger partial charge in [0, 0.05) is 32.4 Å². The molecule has 2 fully saturated rings. The van der Waals surface area contributed by atoms with E-state index >= 15 is 0 Å². The van der Waals surface area contributed by atoms with Gasteiger partial charge in [-0.15, -0.1) is 0 Å². The van der Waals surface area contributed by atoms with E-state index in [0.717, 1.165) is 58.4 Å². The number of anilines is 2. The Morgan fingerprint density at radius 1 is 0.889 bits per heavy atom. The van der Waals surface area contributed by atoms with Crippen LogP contribution in [0.3, 0.4) is 0 Å². The van der Waals surface area contributed by atoms with Gasteiger partial charge in [-0.05, 0) is 12.1 Å². The van der Waals surface area contributed by atoms with Crippen molar-refractivity contribution in [3.05, 3.63) is 18.3 Å². The average Bonchev–Trinajstić information content (AvgIpc) is 2.49. The summed E-state index contributed by atoms with van der Waals surface area (Å²) in [4.78, 5) is 9.24. The lowest BCUT2D eigenvalue weighted by atomic mass is 10.2. The fraction of sp³-hybridized carbons (Fsp3) is 0.615. The zero-order chi connectivity index (χ0) is 12.2. The quantitative estimate of drug-likeness (QED) is 0.773. The summed E-state index contributed by atoms with van der Waals surface area (Å²) in [6, 6.07) is 4.16. The van der Waals surface area contributed by atoms with E-state index in [2.05, 4.69) is 20.9 Å². The fourth-order valence-corrected chi connectivity index (χ4v) is 2.46. The maximum atomic E-state index is 5.41. The molecule has 1 aromatic rings. The number of hydrogen-bond donors (Lipinski definition) is 0. The van der Waals surface area contributed by atoms with E-state index in [1.54, 1.807) is 0 Å². The van der Waals surface area contributed by atoms with Crippen LogP contribution in [0.25, 0.3) is 0 Å². The van der Waals surface area contributed by atoms with Crippen molar-refractivity contribution in [3.63, 3.8) is 0 Å². The van der Waals surface area contributed by atoms with Crippen LogP contribution in [-0.4, -0.2) is 57.6 Å². The summed E-state index contributed by atoms with van der Waals surface area (Å²) < 4.78 is 10.8. The number of rotatable bonds is 2. The molecule has 0 atom stereocenters. The van der Waals surface area contributed by atoms with Crippen molar-refractivity contribution in [3.8, 4) is 0 Å². The summed E-state index contributed by atoms with van der Waals surface area (Å²) in [7, 11) is 0. The first-order valence-electron chi connectivity index (χ1n) is 6.55. The molecule has 98 valence electrons. The smallest absolute Gasteiger partial charge is 0.152 e. The molecule has 3 rings (SSSR count). The Balaban J connectivity index is 1.83. The molecule has 0 aromatic carbocycles. The minimum atomic E-state index is 0.791. The molecule has 0 unspecified atom stereocenters. The molecule has 0 saturated carbocycles. The molecule has 5 heteroatoms. The van der Waals surface area contributed by atoms with Gasteiger partial charge in [0.25, 0.3) is 0 Å². The first-order valence-corrected chi connectivity index (χ1v) is 6.55. The molecule has 0 amide bonds. The third kappa shape index (κ3) is 2.42.